The summed E-state index contributed by atoms with van der Waals surface area (Å²) in [5.41, 5.74) is 5.79. The van der Waals surface area contributed by atoms with Gasteiger partial charge in [-0.15, -0.1) is 0 Å². The second kappa shape index (κ2) is 6.08. The van der Waals surface area contributed by atoms with Crippen molar-refractivity contribution < 1.29 is 4.79 Å². The van der Waals surface area contributed by atoms with Crippen molar-refractivity contribution in [1.29, 1.82) is 0 Å². The van der Waals surface area contributed by atoms with Gasteiger partial charge in [0.1, 0.15) is 0 Å². The molecule has 0 aliphatic carbocycles. The summed E-state index contributed by atoms with van der Waals surface area (Å²) in [6.07, 6.45) is 2.52. The number of likely N-dealkylation sites (tertiary alicyclic amines) is 1. The molecule has 4 heteroatoms. The standard InChI is InChI=1S/C11H23N3O/c1-9-4-3-6-14(11(9)8-12)7-5-13-10(2)15/h9,11H,3-8,12H2,1-2H3,(H,13,15). The number of nitrogens with two attached hydrogens (primary N) is 1. The van der Waals surface area contributed by atoms with E-state index < -0.39 is 0 Å². The lowest BCUT2D eigenvalue weighted by Gasteiger charge is -2.39. The van der Waals surface area contributed by atoms with E-state index in [0.29, 0.717) is 12.0 Å². The van der Waals surface area contributed by atoms with Crippen LogP contribution >= 0.6 is 0 Å². The Morgan fingerprint density at radius 2 is 2.33 bits per heavy atom. The molecule has 3 N–H and O–H groups in total. The highest BCUT2D eigenvalue weighted by molar-refractivity contribution is 5.72. The molecule has 1 heterocycles. The smallest absolute Gasteiger partial charge is 0.216 e. The van der Waals surface area contributed by atoms with Gasteiger partial charge in [0, 0.05) is 32.6 Å². The summed E-state index contributed by atoms with van der Waals surface area (Å²) < 4.78 is 0. The van der Waals surface area contributed by atoms with Gasteiger partial charge in [0.05, 0.1) is 0 Å². The second-order valence-electron chi connectivity index (χ2n) is 4.44. The van der Waals surface area contributed by atoms with Gasteiger partial charge >= 0.3 is 0 Å². The van der Waals surface area contributed by atoms with Gasteiger partial charge in [0.15, 0.2) is 0 Å². The minimum atomic E-state index is 0.0457. The molecule has 0 saturated carbocycles. The Morgan fingerprint density at radius 3 is 2.93 bits per heavy atom. The Bertz CT molecular complexity index is 208. The molecule has 1 amide bonds. The average molecular weight is 213 g/mol. The van der Waals surface area contributed by atoms with Gasteiger partial charge in [-0.25, -0.2) is 0 Å². The molecule has 1 aliphatic rings. The van der Waals surface area contributed by atoms with Crippen LogP contribution in [0, 0.1) is 5.92 Å². The van der Waals surface area contributed by atoms with E-state index in [1.54, 1.807) is 6.92 Å². The number of nitrogens with one attached hydrogen (secondary N) is 1. The fourth-order valence-electron chi connectivity index (χ4n) is 2.37. The fraction of sp³-hybridized carbons (Fsp3) is 0.909. The molecular weight excluding hydrogens is 190 g/mol. The van der Waals surface area contributed by atoms with Gasteiger partial charge < -0.3 is 11.1 Å². The molecule has 0 aromatic heterocycles. The molecule has 0 aromatic rings. The third-order valence-electron chi connectivity index (χ3n) is 3.25. The normalized spacial score (nSPS) is 27.7. The molecule has 0 spiro atoms. The zero-order valence-electron chi connectivity index (χ0n) is 9.83. The topological polar surface area (TPSA) is 58.4 Å². The quantitative estimate of drug-likeness (QED) is 0.700. The maximum Gasteiger partial charge on any atom is 0.216 e. The van der Waals surface area contributed by atoms with Gasteiger partial charge in [0.2, 0.25) is 5.91 Å². The Balaban J connectivity index is 2.34. The minimum Gasteiger partial charge on any atom is -0.355 e. The summed E-state index contributed by atoms with van der Waals surface area (Å²) in [5, 5.41) is 2.83. The molecule has 0 aromatic carbocycles. The highest BCUT2D eigenvalue weighted by Gasteiger charge is 2.26. The molecular formula is C11H23N3O. The summed E-state index contributed by atoms with van der Waals surface area (Å²) in [4.78, 5) is 13.2. The van der Waals surface area contributed by atoms with Gasteiger partial charge in [-0.1, -0.05) is 6.92 Å². The number of carbonyl (C=O) groups is 1. The van der Waals surface area contributed by atoms with Crippen LogP contribution in [0.25, 0.3) is 0 Å². The summed E-state index contributed by atoms with van der Waals surface area (Å²) in [5.74, 6) is 0.727. The first-order chi connectivity index (χ1) is 7.15. The Morgan fingerprint density at radius 1 is 1.60 bits per heavy atom. The zero-order chi connectivity index (χ0) is 11.3. The molecule has 1 aliphatic heterocycles. The number of hydrogen-bond acceptors (Lipinski definition) is 3. The van der Waals surface area contributed by atoms with E-state index in [-0.39, 0.29) is 5.91 Å². The predicted octanol–water partition coefficient (Wildman–Crippen LogP) is 0.182. The summed E-state index contributed by atoms with van der Waals surface area (Å²) in [6.45, 7) is 7.32. The van der Waals surface area contributed by atoms with E-state index in [1.807, 2.05) is 0 Å². The lowest BCUT2D eigenvalue weighted by atomic mass is 9.91. The van der Waals surface area contributed by atoms with Crippen molar-refractivity contribution in [3.8, 4) is 0 Å². The van der Waals surface area contributed by atoms with E-state index >= 15 is 0 Å². The van der Waals surface area contributed by atoms with Crippen molar-refractivity contribution in [1.82, 2.24) is 10.2 Å². The van der Waals surface area contributed by atoms with Crippen LogP contribution in [0.4, 0.5) is 0 Å². The van der Waals surface area contributed by atoms with Crippen LogP contribution in [0.2, 0.25) is 0 Å². The molecule has 88 valence electrons. The molecule has 1 saturated heterocycles. The Kier molecular flexibility index (Phi) is 5.05. The highest BCUT2D eigenvalue weighted by atomic mass is 16.1. The average Bonchev–Trinajstić information content (AvgIpc) is 2.17. The Labute approximate surface area is 92.2 Å². The van der Waals surface area contributed by atoms with Gasteiger partial charge in [-0.3, -0.25) is 9.69 Å². The summed E-state index contributed by atoms with van der Waals surface area (Å²) >= 11 is 0. The number of piperidine rings is 1. The van der Waals surface area contributed by atoms with Crippen molar-refractivity contribution in [2.24, 2.45) is 11.7 Å². The predicted molar refractivity (Wildman–Crippen MR) is 61.5 cm³/mol. The van der Waals surface area contributed by atoms with Gasteiger partial charge in [0.25, 0.3) is 0 Å². The molecule has 0 bridgehead atoms. The van der Waals surface area contributed by atoms with Crippen LogP contribution < -0.4 is 11.1 Å². The third-order valence-corrected chi connectivity index (χ3v) is 3.25. The maximum absolute atomic E-state index is 10.7. The molecule has 0 radical (unpaired) electrons. The van der Waals surface area contributed by atoms with Crippen LogP contribution in [0.5, 0.6) is 0 Å². The number of rotatable bonds is 4. The van der Waals surface area contributed by atoms with E-state index in [1.165, 1.54) is 12.8 Å². The summed E-state index contributed by atoms with van der Waals surface area (Å²) in [7, 11) is 0. The van der Waals surface area contributed by atoms with Crippen LogP contribution in [0.15, 0.2) is 0 Å². The third kappa shape index (κ3) is 3.80. The van der Waals surface area contributed by atoms with Gasteiger partial charge in [-0.2, -0.15) is 0 Å². The number of hydrogen-bond donors (Lipinski definition) is 2. The lowest BCUT2D eigenvalue weighted by Crippen LogP contribution is -2.50. The van der Waals surface area contributed by atoms with Crippen molar-refractivity contribution in [3.63, 3.8) is 0 Å². The number of carbonyl (C=O) groups excluding carboxylic acids is 1. The number of amides is 1. The minimum absolute atomic E-state index is 0.0457. The maximum atomic E-state index is 10.7. The van der Waals surface area contributed by atoms with Crippen molar-refractivity contribution in [3.05, 3.63) is 0 Å². The molecule has 2 unspecified atom stereocenters. The SMILES string of the molecule is CC(=O)NCCN1CCCC(C)C1CN. The number of nitrogens with zero attached hydrogens (tertiary/aromatic N) is 1. The van der Waals surface area contributed by atoms with E-state index in [4.69, 9.17) is 5.73 Å². The largest absolute Gasteiger partial charge is 0.355 e. The molecule has 1 fully saturated rings. The van der Waals surface area contributed by atoms with Gasteiger partial charge in [-0.05, 0) is 25.3 Å². The van der Waals surface area contributed by atoms with Crippen molar-refractivity contribution in [2.45, 2.75) is 32.7 Å². The summed E-state index contributed by atoms with van der Waals surface area (Å²) in [6, 6.07) is 0.493. The van der Waals surface area contributed by atoms with Crippen LogP contribution in [0.1, 0.15) is 26.7 Å². The van der Waals surface area contributed by atoms with Crippen LogP contribution in [-0.4, -0.2) is 43.0 Å². The van der Waals surface area contributed by atoms with E-state index in [0.717, 1.165) is 26.2 Å². The van der Waals surface area contributed by atoms with Crippen molar-refractivity contribution >= 4 is 5.91 Å². The molecule has 4 nitrogen and oxygen atoms in total. The fourth-order valence-corrected chi connectivity index (χ4v) is 2.37. The second-order valence-corrected chi connectivity index (χ2v) is 4.44. The van der Waals surface area contributed by atoms with E-state index in [2.05, 4.69) is 17.1 Å². The first kappa shape index (κ1) is 12.5. The van der Waals surface area contributed by atoms with Crippen molar-refractivity contribution in [2.75, 3.05) is 26.2 Å². The molecule has 1 rings (SSSR count). The van der Waals surface area contributed by atoms with E-state index in [9.17, 15) is 4.79 Å². The Hall–Kier alpha value is -0.610. The monoisotopic (exact) mass is 213 g/mol. The molecule has 15 heavy (non-hydrogen) atoms. The lowest BCUT2D eigenvalue weighted by molar-refractivity contribution is -0.119. The van der Waals surface area contributed by atoms with Crippen LogP contribution in [-0.2, 0) is 4.79 Å². The first-order valence-corrected chi connectivity index (χ1v) is 5.83. The van der Waals surface area contributed by atoms with Crippen LogP contribution in [0.3, 0.4) is 0 Å². The zero-order valence-corrected chi connectivity index (χ0v) is 9.83. The first-order valence-electron chi connectivity index (χ1n) is 5.83. The highest BCUT2D eigenvalue weighted by Crippen LogP contribution is 2.21. The molecule has 2 atom stereocenters.